The van der Waals surface area contributed by atoms with Crippen LogP contribution in [0.2, 0.25) is 0 Å². The number of pyridine rings is 1. The Morgan fingerprint density at radius 1 is 1.21 bits per heavy atom. The van der Waals surface area contributed by atoms with E-state index in [1.165, 1.54) is 5.56 Å². The number of aromatic amines is 1. The summed E-state index contributed by atoms with van der Waals surface area (Å²) in [5.74, 6) is 1.88. The summed E-state index contributed by atoms with van der Waals surface area (Å²) in [6.45, 7) is 7.84. The van der Waals surface area contributed by atoms with Gasteiger partial charge in [0.15, 0.2) is 5.03 Å². The predicted octanol–water partition coefficient (Wildman–Crippen LogP) is 4.12. The van der Waals surface area contributed by atoms with Crippen molar-refractivity contribution in [3.8, 4) is 6.07 Å². The van der Waals surface area contributed by atoms with Crippen molar-refractivity contribution >= 4 is 33.5 Å². The molecule has 7 heteroatoms. The predicted molar refractivity (Wildman–Crippen MR) is 117 cm³/mol. The van der Waals surface area contributed by atoms with E-state index in [2.05, 4.69) is 70.0 Å². The third kappa shape index (κ3) is 4.61. The minimum Gasteiger partial charge on any atom is -0.373 e. The first-order chi connectivity index (χ1) is 14.0. The van der Waals surface area contributed by atoms with E-state index in [0.29, 0.717) is 6.61 Å². The Kier molecular flexibility index (Phi) is 6.16. The molecule has 1 fully saturated rings. The van der Waals surface area contributed by atoms with E-state index < -0.39 is 0 Å². The Balaban J connectivity index is 1.73. The Labute approximate surface area is 184 Å². The molecule has 1 aromatic carbocycles. The topological polar surface area (TPSA) is 59.6 Å². The van der Waals surface area contributed by atoms with Gasteiger partial charge in [-0.05, 0) is 37.1 Å². The maximum absolute atomic E-state index is 10.0. The number of anilines is 1. The number of benzene rings is 1. The average molecular weight is 475 g/mol. The highest BCUT2D eigenvalue weighted by molar-refractivity contribution is 9.10. The number of thioether (sulfide) groups is 1. The van der Waals surface area contributed by atoms with Gasteiger partial charge in [-0.25, -0.2) is 4.98 Å². The van der Waals surface area contributed by atoms with Gasteiger partial charge in [0.1, 0.15) is 24.7 Å². The second-order valence-corrected chi connectivity index (χ2v) is 9.89. The smallest absolute Gasteiger partial charge is 0.281 e. The lowest BCUT2D eigenvalue weighted by Crippen LogP contribution is -2.43. The first-order valence-corrected chi connectivity index (χ1v) is 11.6. The molecule has 5 nitrogen and oxygen atoms in total. The molecule has 0 atom stereocenters. The van der Waals surface area contributed by atoms with E-state index in [1.807, 2.05) is 0 Å². The van der Waals surface area contributed by atoms with Crippen LogP contribution >= 0.6 is 27.7 Å². The van der Waals surface area contributed by atoms with Crippen molar-refractivity contribution in [3.05, 3.63) is 51.0 Å². The number of nitrogens with zero attached hydrogens (tertiary/aromatic N) is 2. The van der Waals surface area contributed by atoms with Gasteiger partial charge in [0.2, 0.25) is 0 Å². The van der Waals surface area contributed by atoms with E-state index in [-0.39, 0.29) is 5.60 Å². The highest BCUT2D eigenvalue weighted by atomic mass is 79.9. The van der Waals surface area contributed by atoms with Crippen molar-refractivity contribution in [2.24, 2.45) is 0 Å². The molecule has 0 amide bonds. The van der Waals surface area contributed by atoms with Crippen LogP contribution in [0.25, 0.3) is 0 Å². The SMILES string of the molecule is CC1(C)Cc2c(C#N)c(SCc3ccc(Br)cc3)[nH+]c(N3CCOCC3)c2CO1. The van der Waals surface area contributed by atoms with Gasteiger partial charge in [0, 0.05) is 16.6 Å². The summed E-state index contributed by atoms with van der Waals surface area (Å²) in [5.41, 5.74) is 3.97. The first-order valence-electron chi connectivity index (χ1n) is 9.82. The molecule has 1 saturated heterocycles. The minimum absolute atomic E-state index is 0.268. The zero-order valence-corrected chi connectivity index (χ0v) is 19.2. The Hall–Kier alpha value is -1.59. The number of halogens is 1. The van der Waals surface area contributed by atoms with Gasteiger partial charge in [0.05, 0.1) is 31.0 Å². The molecule has 152 valence electrons. The van der Waals surface area contributed by atoms with Gasteiger partial charge in [-0.1, -0.05) is 39.8 Å². The van der Waals surface area contributed by atoms with Crippen LogP contribution in [-0.2, 0) is 28.3 Å². The maximum Gasteiger partial charge on any atom is 0.281 e. The summed E-state index contributed by atoms with van der Waals surface area (Å²) < 4.78 is 12.7. The molecule has 2 aromatic rings. The molecule has 0 bridgehead atoms. The van der Waals surface area contributed by atoms with Crippen LogP contribution in [0.15, 0.2) is 33.8 Å². The molecule has 0 radical (unpaired) electrons. The molecule has 0 aliphatic carbocycles. The van der Waals surface area contributed by atoms with Crippen molar-refractivity contribution in [1.82, 2.24) is 0 Å². The van der Waals surface area contributed by atoms with Crippen LogP contribution in [-0.4, -0.2) is 31.9 Å². The molecule has 0 spiro atoms. The number of nitriles is 1. The molecule has 0 saturated carbocycles. The van der Waals surface area contributed by atoms with Crippen molar-refractivity contribution in [3.63, 3.8) is 0 Å². The fourth-order valence-electron chi connectivity index (χ4n) is 3.79. The van der Waals surface area contributed by atoms with Crippen LogP contribution in [0, 0.1) is 11.3 Å². The summed E-state index contributed by atoms with van der Waals surface area (Å²) in [6.07, 6.45) is 0.739. The molecular weight excluding hydrogens is 450 g/mol. The fourth-order valence-corrected chi connectivity index (χ4v) is 5.04. The lowest BCUT2D eigenvalue weighted by molar-refractivity contribution is -0.415. The molecule has 1 aromatic heterocycles. The van der Waals surface area contributed by atoms with Gasteiger partial charge in [-0.15, -0.1) is 0 Å². The lowest BCUT2D eigenvalue weighted by atomic mass is 9.89. The maximum atomic E-state index is 10.0. The number of morpholine rings is 1. The Morgan fingerprint density at radius 2 is 1.93 bits per heavy atom. The number of hydrogen-bond acceptors (Lipinski definition) is 5. The lowest BCUT2D eigenvalue weighted by Gasteiger charge is -2.34. The number of fused-ring (bicyclic) bond motifs is 1. The van der Waals surface area contributed by atoms with Gasteiger partial charge in [0.25, 0.3) is 5.82 Å². The number of ether oxygens (including phenoxy) is 2. The van der Waals surface area contributed by atoms with Gasteiger partial charge in [-0.2, -0.15) is 5.26 Å². The third-order valence-electron chi connectivity index (χ3n) is 5.36. The third-order valence-corrected chi connectivity index (χ3v) is 6.96. The standard InChI is InChI=1S/C22H24BrN3O2S/c1-22(2)11-17-18(12-24)21(29-14-15-3-5-16(23)6-4-15)25-20(19(17)13-28-22)26-7-9-27-10-8-26/h3-6H,7-11,13-14H2,1-2H3/p+1. The van der Waals surface area contributed by atoms with Crippen molar-refractivity contribution in [2.75, 3.05) is 31.2 Å². The number of hydrogen-bond donors (Lipinski definition) is 0. The molecule has 2 aliphatic rings. The van der Waals surface area contributed by atoms with Gasteiger partial charge >= 0.3 is 0 Å². The van der Waals surface area contributed by atoms with E-state index in [9.17, 15) is 5.26 Å². The summed E-state index contributed by atoms with van der Waals surface area (Å²) in [7, 11) is 0. The van der Waals surface area contributed by atoms with Gasteiger partial charge in [-0.3, -0.25) is 4.90 Å². The van der Waals surface area contributed by atoms with Crippen LogP contribution in [0.1, 0.15) is 36.1 Å². The Morgan fingerprint density at radius 3 is 2.62 bits per heavy atom. The fraction of sp³-hybridized carbons (Fsp3) is 0.455. The highest BCUT2D eigenvalue weighted by Crippen LogP contribution is 2.37. The number of nitrogens with one attached hydrogen (secondary N) is 1. The summed E-state index contributed by atoms with van der Waals surface area (Å²) in [4.78, 5) is 5.92. The number of H-pyrrole nitrogens is 1. The van der Waals surface area contributed by atoms with Crippen molar-refractivity contribution < 1.29 is 14.5 Å². The second kappa shape index (κ2) is 8.65. The number of aromatic nitrogens is 1. The first kappa shape index (κ1) is 20.7. The second-order valence-electron chi connectivity index (χ2n) is 7.99. The normalized spacial score (nSPS) is 18.2. The number of rotatable bonds is 4. The van der Waals surface area contributed by atoms with E-state index in [1.54, 1.807) is 11.8 Å². The molecule has 2 aliphatic heterocycles. The van der Waals surface area contributed by atoms with E-state index >= 15 is 0 Å². The summed E-state index contributed by atoms with van der Waals surface area (Å²) in [6, 6.07) is 10.8. The van der Waals surface area contributed by atoms with Crippen LogP contribution in [0.3, 0.4) is 0 Å². The molecule has 0 unspecified atom stereocenters. The summed E-state index contributed by atoms with van der Waals surface area (Å²) >= 11 is 5.18. The molecular formula is C22H25BrN3O2S+. The van der Waals surface area contributed by atoms with Crippen LogP contribution in [0.4, 0.5) is 5.82 Å². The highest BCUT2D eigenvalue weighted by Gasteiger charge is 2.36. The van der Waals surface area contributed by atoms with Gasteiger partial charge < -0.3 is 9.47 Å². The molecule has 29 heavy (non-hydrogen) atoms. The zero-order valence-electron chi connectivity index (χ0n) is 16.8. The largest absolute Gasteiger partial charge is 0.373 e. The monoisotopic (exact) mass is 474 g/mol. The van der Waals surface area contributed by atoms with Crippen LogP contribution in [0.5, 0.6) is 0 Å². The summed E-state index contributed by atoms with van der Waals surface area (Å²) in [5, 5.41) is 11.0. The van der Waals surface area contributed by atoms with Crippen molar-refractivity contribution in [1.29, 1.82) is 5.26 Å². The quantitative estimate of drug-likeness (QED) is 0.623. The molecule has 3 heterocycles. The van der Waals surface area contributed by atoms with Crippen LogP contribution < -0.4 is 9.88 Å². The molecule has 1 N–H and O–H groups in total. The van der Waals surface area contributed by atoms with E-state index in [4.69, 9.17) is 9.47 Å². The van der Waals surface area contributed by atoms with E-state index in [0.717, 1.165) is 70.5 Å². The Bertz CT molecular complexity index is 935. The molecule has 4 rings (SSSR count). The zero-order chi connectivity index (χ0) is 20.4. The minimum atomic E-state index is -0.268. The average Bonchev–Trinajstić information content (AvgIpc) is 2.72. The van der Waals surface area contributed by atoms with Crippen molar-refractivity contribution in [2.45, 2.75) is 43.3 Å².